The number of allylic oxidation sites excluding steroid dienone is 11. The smallest absolute Gasteiger partial charge is 0.0542 e. The van der Waals surface area contributed by atoms with Gasteiger partial charge in [0.25, 0.3) is 0 Å². The van der Waals surface area contributed by atoms with Crippen LogP contribution in [0.2, 0.25) is 0 Å². The van der Waals surface area contributed by atoms with Gasteiger partial charge in [0.1, 0.15) is 0 Å². The van der Waals surface area contributed by atoms with Gasteiger partial charge in [0.2, 0.25) is 0 Å². The SMILES string of the molecule is CC1CC(c2ccccc2)=CC=C1N(c1ccc2c(c1)c1ccccc1n2C1=CC=CCC1)c1ccccc1-c1ccccc1N(C1=CC(C)C(c2ccccc2)C=C1)c1ccc2c(c1)c1ccccc1n2-c1ccccc1. The molecule has 0 aliphatic heterocycles. The van der Waals surface area contributed by atoms with Gasteiger partial charge in [-0.3, -0.25) is 0 Å². The first-order chi connectivity index (χ1) is 38.6. The molecule has 3 atom stereocenters. The van der Waals surface area contributed by atoms with Gasteiger partial charge < -0.3 is 18.9 Å². The first kappa shape index (κ1) is 47.1. The molecule has 4 heteroatoms. The lowest BCUT2D eigenvalue weighted by Gasteiger charge is -2.36. The fraction of sp³-hybridized carbons (Fsp3) is 0.108. The molecule has 0 N–H and O–H groups in total. The Bertz CT molecular complexity index is 4280. The molecule has 0 saturated heterocycles. The summed E-state index contributed by atoms with van der Waals surface area (Å²) in [5.41, 5.74) is 20.5. The summed E-state index contributed by atoms with van der Waals surface area (Å²) >= 11 is 0. The van der Waals surface area contributed by atoms with Crippen LogP contribution in [0.1, 0.15) is 50.2 Å². The Labute approximate surface area is 457 Å². The standard InChI is InChI=1S/C74H60N4/c1-51-48-58(40-43-61(51)54-25-9-4-10-26-54)75(59-41-45-73-66(49-59)64-33-17-21-37-71(64)76(73)56-27-11-5-12-28-56)69-35-19-15-31-62(69)63-32-16-20-36-70(63)78(68-44-39-55(47-52(68)2)53-23-7-3-8-24-53)60-42-46-74-67(50-60)65-34-18-22-38-72(65)77(74)57-29-13-6-14-30-57/h3-13,15-29,31-46,48-52,61H,14,30,47H2,1-2H3. The maximum absolute atomic E-state index is 2.57. The van der Waals surface area contributed by atoms with Crippen molar-refractivity contribution in [2.45, 2.75) is 39.0 Å². The van der Waals surface area contributed by atoms with Gasteiger partial charge in [-0.25, -0.2) is 0 Å². The minimum absolute atomic E-state index is 0.211. The number of rotatable bonds is 11. The molecule has 2 aromatic heterocycles. The summed E-state index contributed by atoms with van der Waals surface area (Å²) in [7, 11) is 0. The van der Waals surface area contributed by atoms with Crippen molar-refractivity contribution in [1.82, 2.24) is 9.13 Å². The van der Waals surface area contributed by atoms with Gasteiger partial charge in [-0.15, -0.1) is 0 Å². The highest BCUT2D eigenvalue weighted by Crippen LogP contribution is 2.49. The van der Waals surface area contributed by atoms with E-state index in [0.29, 0.717) is 0 Å². The minimum Gasteiger partial charge on any atom is -0.313 e. The number of benzene rings is 9. The summed E-state index contributed by atoms with van der Waals surface area (Å²) in [6.07, 6.45) is 21.8. The van der Waals surface area contributed by atoms with Crippen LogP contribution in [0.5, 0.6) is 0 Å². The molecule has 0 spiro atoms. The van der Waals surface area contributed by atoms with Gasteiger partial charge >= 0.3 is 0 Å². The average molecular weight is 1010 g/mol. The molecule has 2 heterocycles. The molecule has 78 heavy (non-hydrogen) atoms. The second-order valence-electron chi connectivity index (χ2n) is 21.3. The highest BCUT2D eigenvalue weighted by Gasteiger charge is 2.30. The molecule has 0 bridgehead atoms. The summed E-state index contributed by atoms with van der Waals surface area (Å²) in [6, 6.07) is 82.8. The molecule has 3 aliphatic rings. The first-order valence-electron chi connectivity index (χ1n) is 27.7. The fourth-order valence-electron chi connectivity index (χ4n) is 12.8. The van der Waals surface area contributed by atoms with Crippen LogP contribution in [0, 0.1) is 11.8 Å². The second kappa shape index (κ2) is 20.0. The quantitative estimate of drug-likeness (QED) is 0.128. The lowest BCUT2D eigenvalue weighted by Crippen LogP contribution is -2.24. The van der Waals surface area contributed by atoms with E-state index >= 15 is 0 Å². The molecule has 0 amide bonds. The molecular weight excluding hydrogens is 945 g/mol. The van der Waals surface area contributed by atoms with E-state index in [0.717, 1.165) is 64.5 Å². The Morgan fingerprint density at radius 3 is 1.67 bits per heavy atom. The van der Waals surface area contributed by atoms with Crippen molar-refractivity contribution in [3.05, 3.63) is 296 Å². The van der Waals surface area contributed by atoms with Crippen molar-refractivity contribution < 1.29 is 0 Å². The van der Waals surface area contributed by atoms with E-state index in [9.17, 15) is 0 Å². The van der Waals surface area contributed by atoms with E-state index in [-0.39, 0.29) is 17.8 Å². The molecule has 9 aromatic carbocycles. The van der Waals surface area contributed by atoms with Crippen LogP contribution < -0.4 is 9.80 Å². The van der Waals surface area contributed by atoms with E-state index < -0.39 is 0 Å². The number of hydrogen-bond donors (Lipinski definition) is 0. The molecule has 376 valence electrons. The number of para-hydroxylation sites is 5. The molecule has 11 aromatic rings. The third-order valence-corrected chi connectivity index (χ3v) is 16.5. The topological polar surface area (TPSA) is 16.3 Å². The third kappa shape index (κ3) is 8.24. The van der Waals surface area contributed by atoms with E-state index in [1.165, 1.54) is 71.7 Å². The predicted molar refractivity (Wildman–Crippen MR) is 331 cm³/mol. The first-order valence-corrected chi connectivity index (χ1v) is 27.7. The molecule has 0 saturated carbocycles. The Morgan fingerprint density at radius 1 is 0.474 bits per heavy atom. The Hall–Kier alpha value is -9.38. The number of fused-ring (bicyclic) bond motifs is 6. The van der Waals surface area contributed by atoms with E-state index in [4.69, 9.17) is 0 Å². The van der Waals surface area contributed by atoms with Crippen molar-refractivity contribution in [3.8, 4) is 16.8 Å². The van der Waals surface area contributed by atoms with Crippen LogP contribution >= 0.6 is 0 Å². The zero-order valence-electron chi connectivity index (χ0n) is 44.1. The number of hydrogen-bond acceptors (Lipinski definition) is 2. The van der Waals surface area contributed by atoms with Crippen LogP contribution in [-0.2, 0) is 0 Å². The van der Waals surface area contributed by atoms with Gasteiger partial charge in [0.05, 0.1) is 33.4 Å². The Kier molecular flexibility index (Phi) is 12.1. The molecule has 14 rings (SSSR count). The Morgan fingerprint density at radius 2 is 1.03 bits per heavy atom. The van der Waals surface area contributed by atoms with Gasteiger partial charge in [0.15, 0.2) is 0 Å². The second-order valence-corrected chi connectivity index (χ2v) is 21.3. The maximum Gasteiger partial charge on any atom is 0.0542 e. The molecule has 4 nitrogen and oxygen atoms in total. The zero-order valence-corrected chi connectivity index (χ0v) is 44.1. The van der Waals surface area contributed by atoms with E-state index in [2.05, 4.69) is 306 Å². The van der Waals surface area contributed by atoms with Crippen LogP contribution in [0.4, 0.5) is 22.7 Å². The van der Waals surface area contributed by atoms with Crippen molar-refractivity contribution in [2.24, 2.45) is 11.8 Å². The van der Waals surface area contributed by atoms with Crippen LogP contribution in [0.15, 0.2) is 284 Å². The molecular formula is C74H60N4. The zero-order chi connectivity index (χ0) is 52.1. The summed E-state index contributed by atoms with van der Waals surface area (Å²) in [5.74, 6) is 0.717. The summed E-state index contributed by atoms with van der Waals surface area (Å²) in [6.45, 7) is 4.76. The minimum atomic E-state index is 0.211. The van der Waals surface area contributed by atoms with Gasteiger partial charge in [-0.1, -0.05) is 196 Å². The predicted octanol–water partition coefficient (Wildman–Crippen LogP) is 19.9. The van der Waals surface area contributed by atoms with Crippen LogP contribution in [0.3, 0.4) is 0 Å². The van der Waals surface area contributed by atoms with Crippen molar-refractivity contribution in [3.63, 3.8) is 0 Å². The normalized spacial score (nSPS) is 17.3. The summed E-state index contributed by atoms with van der Waals surface area (Å²) in [5, 5.41) is 4.95. The molecule has 3 unspecified atom stereocenters. The number of anilines is 4. The summed E-state index contributed by atoms with van der Waals surface area (Å²) in [4.78, 5) is 5.09. The average Bonchev–Trinajstić information content (AvgIpc) is 4.20. The lowest BCUT2D eigenvalue weighted by atomic mass is 9.83. The van der Waals surface area contributed by atoms with Crippen molar-refractivity contribution in [1.29, 1.82) is 0 Å². The fourth-order valence-corrected chi connectivity index (χ4v) is 12.8. The maximum atomic E-state index is 2.57. The molecule has 3 aliphatic carbocycles. The highest BCUT2D eigenvalue weighted by atomic mass is 15.2. The van der Waals surface area contributed by atoms with Crippen molar-refractivity contribution in [2.75, 3.05) is 9.80 Å². The largest absolute Gasteiger partial charge is 0.313 e. The number of nitrogens with zero attached hydrogens (tertiary/aromatic N) is 4. The monoisotopic (exact) mass is 1000 g/mol. The van der Waals surface area contributed by atoms with E-state index in [1.807, 2.05) is 0 Å². The van der Waals surface area contributed by atoms with Crippen molar-refractivity contribution >= 4 is 77.6 Å². The van der Waals surface area contributed by atoms with Gasteiger partial charge in [-0.05, 0) is 133 Å². The van der Waals surface area contributed by atoms with Gasteiger partial charge in [-0.2, -0.15) is 0 Å². The van der Waals surface area contributed by atoms with E-state index in [1.54, 1.807) is 0 Å². The lowest BCUT2D eigenvalue weighted by molar-refractivity contribution is 0.628. The molecule has 0 radical (unpaired) electrons. The van der Waals surface area contributed by atoms with Crippen LogP contribution in [0.25, 0.3) is 71.7 Å². The number of aromatic nitrogens is 2. The highest BCUT2D eigenvalue weighted by molar-refractivity contribution is 6.12. The van der Waals surface area contributed by atoms with Gasteiger partial charge in [0, 0.05) is 78.7 Å². The molecule has 0 fully saturated rings. The third-order valence-electron chi connectivity index (χ3n) is 16.5. The van der Waals surface area contributed by atoms with Crippen LogP contribution in [-0.4, -0.2) is 9.13 Å². The Balaban J connectivity index is 0.975. The summed E-state index contributed by atoms with van der Waals surface area (Å²) < 4.78 is 4.90.